The van der Waals surface area contributed by atoms with Crippen LogP contribution in [0.4, 0.5) is 0 Å². The number of hydrogen-bond donors (Lipinski definition) is 1. The van der Waals surface area contributed by atoms with Crippen LogP contribution in [0.15, 0.2) is 24.5 Å². The Bertz CT molecular complexity index is 585. The van der Waals surface area contributed by atoms with E-state index in [1.165, 1.54) is 10.9 Å². The lowest BCUT2D eigenvalue weighted by Gasteiger charge is -2.02. The average molecular weight is 272 g/mol. The Hall–Kier alpha value is -1.90. The fourth-order valence-electron chi connectivity index (χ4n) is 2.23. The summed E-state index contributed by atoms with van der Waals surface area (Å²) < 4.78 is 7.17. The molecule has 20 heavy (non-hydrogen) atoms. The molecule has 0 aliphatic carbocycles. The summed E-state index contributed by atoms with van der Waals surface area (Å²) >= 11 is 0. The van der Waals surface area contributed by atoms with E-state index < -0.39 is 0 Å². The largest absolute Gasteiger partial charge is 0.383 e. The molecule has 1 N–H and O–H groups in total. The van der Waals surface area contributed by atoms with Gasteiger partial charge in [0.1, 0.15) is 5.65 Å². The van der Waals surface area contributed by atoms with Gasteiger partial charge in [-0.2, -0.15) is 5.26 Å². The minimum atomic E-state index is 0.577. The van der Waals surface area contributed by atoms with Crippen molar-refractivity contribution in [1.82, 2.24) is 14.9 Å². The summed E-state index contributed by atoms with van der Waals surface area (Å²) in [4.78, 5) is 4.45. The molecule has 0 spiro atoms. The molecule has 0 radical (unpaired) electrons. The predicted molar refractivity (Wildman–Crippen MR) is 78.2 cm³/mol. The van der Waals surface area contributed by atoms with E-state index in [1.807, 2.05) is 12.3 Å². The van der Waals surface area contributed by atoms with Gasteiger partial charge in [0.25, 0.3) is 0 Å². The Morgan fingerprint density at radius 3 is 3.20 bits per heavy atom. The normalized spacial score (nSPS) is 10.8. The van der Waals surface area contributed by atoms with Gasteiger partial charge in [-0.15, -0.1) is 0 Å². The van der Waals surface area contributed by atoms with E-state index in [0.29, 0.717) is 13.0 Å². The minimum Gasteiger partial charge on any atom is -0.383 e. The van der Waals surface area contributed by atoms with E-state index in [2.05, 4.69) is 33.2 Å². The molecule has 5 nitrogen and oxygen atoms in total. The lowest BCUT2D eigenvalue weighted by molar-refractivity contribution is 0.199. The molecule has 2 rings (SSSR count). The van der Waals surface area contributed by atoms with E-state index in [1.54, 1.807) is 7.11 Å². The molecule has 5 heteroatoms. The fourth-order valence-corrected chi connectivity index (χ4v) is 2.23. The van der Waals surface area contributed by atoms with E-state index in [9.17, 15) is 0 Å². The molecule has 0 saturated carbocycles. The van der Waals surface area contributed by atoms with Crippen molar-refractivity contribution in [1.29, 1.82) is 5.26 Å². The maximum atomic E-state index is 8.63. The lowest BCUT2D eigenvalue weighted by atomic mass is 10.2. The number of methoxy groups -OCH3 is 1. The summed E-state index contributed by atoms with van der Waals surface area (Å²) in [6.45, 7) is 3.17. The number of ether oxygens (including phenoxy) is 1. The molecule has 2 aromatic heterocycles. The summed E-state index contributed by atoms with van der Waals surface area (Å²) in [5, 5.41) is 13.2. The molecule has 0 aliphatic heterocycles. The molecule has 2 aromatic rings. The highest BCUT2D eigenvalue weighted by Crippen LogP contribution is 2.19. The van der Waals surface area contributed by atoms with Crippen LogP contribution in [0, 0.1) is 11.3 Å². The predicted octanol–water partition coefficient (Wildman–Crippen LogP) is 2.08. The second-order valence-electron chi connectivity index (χ2n) is 4.65. The van der Waals surface area contributed by atoms with Crippen LogP contribution >= 0.6 is 0 Å². The van der Waals surface area contributed by atoms with Gasteiger partial charge in [0.05, 0.1) is 12.7 Å². The first-order valence-corrected chi connectivity index (χ1v) is 6.86. The van der Waals surface area contributed by atoms with Crippen LogP contribution < -0.4 is 5.32 Å². The Morgan fingerprint density at radius 1 is 1.50 bits per heavy atom. The number of aryl methyl sites for hydroxylation is 1. The van der Waals surface area contributed by atoms with Crippen LogP contribution in [0.3, 0.4) is 0 Å². The molecule has 106 valence electrons. The van der Waals surface area contributed by atoms with Crippen molar-refractivity contribution in [2.24, 2.45) is 0 Å². The number of pyridine rings is 1. The van der Waals surface area contributed by atoms with Gasteiger partial charge in [-0.3, -0.25) is 0 Å². The number of nitriles is 1. The van der Waals surface area contributed by atoms with Crippen LogP contribution in [-0.2, 0) is 17.8 Å². The maximum Gasteiger partial charge on any atom is 0.140 e. The molecular weight excluding hydrogens is 252 g/mol. The summed E-state index contributed by atoms with van der Waals surface area (Å²) in [5.41, 5.74) is 2.23. The Labute approximate surface area is 119 Å². The third kappa shape index (κ3) is 3.56. The smallest absolute Gasteiger partial charge is 0.140 e. The van der Waals surface area contributed by atoms with Gasteiger partial charge in [0.2, 0.25) is 0 Å². The number of unbranched alkanes of at least 4 members (excludes halogenated alkanes) is 1. The SMILES string of the molecule is COCCNCc1cn(CCCC#N)c2ncccc12. The lowest BCUT2D eigenvalue weighted by Crippen LogP contribution is -2.18. The van der Waals surface area contributed by atoms with Crippen LogP contribution in [0.2, 0.25) is 0 Å². The van der Waals surface area contributed by atoms with E-state index >= 15 is 0 Å². The average Bonchev–Trinajstić information content (AvgIpc) is 2.83. The fraction of sp³-hybridized carbons (Fsp3) is 0.467. The maximum absolute atomic E-state index is 8.63. The van der Waals surface area contributed by atoms with Crippen molar-refractivity contribution in [3.8, 4) is 6.07 Å². The zero-order valence-corrected chi connectivity index (χ0v) is 11.8. The molecule has 0 fully saturated rings. The highest BCUT2D eigenvalue weighted by atomic mass is 16.5. The standard InChI is InChI=1S/C15H20N4O/c1-20-10-8-17-11-13-12-19(9-3-2-6-16)15-14(13)5-4-7-18-15/h4-5,7,12,17H,2-3,8-11H2,1H3. The van der Waals surface area contributed by atoms with Gasteiger partial charge in [-0.25, -0.2) is 4.98 Å². The van der Waals surface area contributed by atoms with Crippen LogP contribution in [0.5, 0.6) is 0 Å². The van der Waals surface area contributed by atoms with Crippen molar-refractivity contribution in [2.75, 3.05) is 20.3 Å². The van der Waals surface area contributed by atoms with Crippen LogP contribution in [-0.4, -0.2) is 29.8 Å². The second-order valence-corrected chi connectivity index (χ2v) is 4.65. The van der Waals surface area contributed by atoms with Crippen molar-refractivity contribution in [3.05, 3.63) is 30.1 Å². The summed E-state index contributed by atoms with van der Waals surface area (Å²) in [6, 6.07) is 6.23. The molecule has 2 heterocycles. The number of nitrogens with zero attached hydrogens (tertiary/aromatic N) is 3. The number of fused-ring (bicyclic) bond motifs is 1. The Kier molecular flexibility index (Phi) is 5.54. The quantitative estimate of drug-likeness (QED) is 0.747. The van der Waals surface area contributed by atoms with Crippen LogP contribution in [0.1, 0.15) is 18.4 Å². The van der Waals surface area contributed by atoms with Crippen molar-refractivity contribution < 1.29 is 4.74 Å². The molecule has 0 unspecified atom stereocenters. The second kappa shape index (κ2) is 7.63. The summed E-state index contributed by atoms with van der Waals surface area (Å²) in [7, 11) is 1.70. The van der Waals surface area contributed by atoms with Crippen molar-refractivity contribution in [2.45, 2.75) is 25.9 Å². The number of hydrogen-bond acceptors (Lipinski definition) is 4. The molecular formula is C15H20N4O. The molecule has 0 aliphatic rings. The van der Waals surface area contributed by atoms with Gasteiger partial charge in [0, 0.05) is 50.9 Å². The van der Waals surface area contributed by atoms with Gasteiger partial charge in [0.15, 0.2) is 0 Å². The van der Waals surface area contributed by atoms with Gasteiger partial charge < -0.3 is 14.6 Å². The number of rotatable bonds is 8. The highest BCUT2D eigenvalue weighted by molar-refractivity contribution is 5.80. The molecule has 0 bridgehead atoms. The summed E-state index contributed by atoms with van der Waals surface area (Å²) in [5.74, 6) is 0. The zero-order valence-electron chi connectivity index (χ0n) is 11.8. The Morgan fingerprint density at radius 2 is 2.40 bits per heavy atom. The minimum absolute atomic E-state index is 0.577. The van der Waals surface area contributed by atoms with Crippen LogP contribution in [0.25, 0.3) is 11.0 Å². The number of nitrogens with one attached hydrogen (secondary N) is 1. The van der Waals surface area contributed by atoms with Gasteiger partial charge >= 0.3 is 0 Å². The Balaban J connectivity index is 2.11. The summed E-state index contributed by atoms with van der Waals surface area (Å²) in [6.07, 6.45) is 5.38. The van der Waals surface area contributed by atoms with Gasteiger partial charge in [-0.05, 0) is 24.1 Å². The third-order valence-corrected chi connectivity index (χ3v) is 3.20. The first kappa shape index (κ1) is 14.5. The highest BCUT2D eigenvalue weighted by Gasteiger charge is 2.08. The van der Waals surface area contributed by atoms with Gasteiger partial charge in [-0.1, -0.05) is 0 Å². The first-order valence-electron chi connectivity index (χ1n) is 6.86. The molecule has 0 saturated heterocycles. The topological polar surface area (TPSA) is 62.9 Å². The van der Waals surface area contributed by atoms with E-state index in [4.69, 9.17) is 10.00 Å². The monoisotopic (exact) mass is 272 g/mol. The zero-order chi connectivity index (χ0) is 14.2. The molecule has 0 aromatic carbocycles. The third-order valence-electron chi connectivity index (χ3n) is 3.20. The molecule has 0 amide bonds. The van der Waals surface area contributed by atoms with E-state index in [-0.39, 0.29) is 0 Å². The van der Waals surface area contributed by atoms with Crippen molar-refractivity contribution in [3.63, 3.8) is 0 Å². The molecule has 0 atom stereocenters. The first-order chi connectivity index (χ1) is 9.86. The number of aromatic nitrogens is 2. The van der Waals surface area contributed by atoms with Crippen molar-refractivity contribution >= 4 is 11.0 Å². The van der Waals surface area contributed by atoms with E-state index in [0.717, 1.165) is 31.7 Å².